The summed E-state index contributed by atoms with van der Waals surface area (Å²) in [5.74, 6) is 0.637. The van der Waals surface area contributed by atoms with Crippen molar-refractivity contribution in [2.24, 2.45) is 0 Å². The molecule has 0 unspecified atom stereocenters. The van der Waals surface area contributed by atoms with Gasteiger partial charge in [0.25, 0.3) is 0 Å². The lowest BCUT2D eigenvalue weighted by Gasteiger charge is -2.20. The Labute approximate surface area is 192 Å². The molecule has 164 valence electrons. The summed E-state index contributed by atoms with van der Waals surface area (Å²) in [7, 11) is -3.89. The molecule has 1 aliphatic rings. The number of sulfone groups is 1. The molecule has 1 aromatic heterocycles. The summed E-state index contributed by atoms with van der Waals surface area (Å²) in [4.78, 5) is 6.75. The first-order valence-corrected chi connectivity index (χ1v) is 12.6. The topological polar surface area (TPSA) is 63.4 Å². The largest absolute Gasteiger partial charge is 0.419 e. The Balaban J connectivity index is 1.70. The Hall–Kier alpha value is -2.83. The Morgan fingerprint density at radius 3 is 2.28 bits per heavy atom. The van der Waals surface area contributed by atoms with Gasteiger partial charge in [-0.05, 0) is 53.9 Å². The number of benzene rings is 3. The number of fused-ring (bicyclic) bond motifs is 1. The lowest BCUT2D eigenvalue weighted by molar-refractivity contribution is 0.544. The molecule has 0 atom stereocenters. The van der Waals surface area contributed by atoms with Crippen LogP contribution in [0.2, 0.25) is 5.02 Å². The minimum atomic E-state index is -3.89. The fourth-order valence-electron chi connectivity index (χ4n) is 4.20. The molecule has 5 nitrogen and oxygen atoms in total. The van der Waals surface area contributed by atoms with E-state index >= 15 is 0 Å². The highest BCUT2D eigenvalue weighted by Gasteiger charge is 2.32. The van der Waals surface area contributed by atoms with Gasteiger partial charge in [0, 0.05) is 23.7 Å². The third-order valence-electron chi connectivity index (χ3n) is 5.87. The second-order valence-corrected chi connectivity index (χ2v) is 10.3. The van der Waals surface area contributed by atoms with Crippen molar-refractivity contribution in [2.75, 3.05) is 18.0 Å². The number of hydrogen-bond donors (Lipinski definition) is 0. The SMILES string of the molecule is O=S(=O)(c1ccc(Cl)cc1)c1nc(-c2cccc3ccccc23)oc1N1CCCCCC1. The van der Waals surface area contributed by atoms with Crippen molar-refractivity contribution >= 4 is 38.1 Å². The second-order valence-electron chi connectivity index (χ2n) is 8.01. The molecule has 2 heterocycles. The maximum Gasteiger partial charge on any atom is 0.236 e. The van der Waals surface area contributed by atoms with Gasteiger partial charge in [-0.25, -0.2) is 8.42 Å². The predicted molar refractivity (Wildman–Crippen MR) is 127 cm³/mol. The van der Waals surface area contributed by atoms with Crippen LogP contribution in [0.15, 0.2) is 81.1 Å². The summed E-state index contributed by atoms with van der Waals surface area (Å²) < 4.78 is 33.5. The summed E-state index contributed by atoms with van der Waals surface area (Å²) in [6, 6.07) is 20.0. The molecule has 0 aliphatic carbocycles. The van der Waals surface area contributed by atoms with Crippen LogP contribution in [0.3, 0.4) is 0 Å². The maximum absolute atomic E-state index is 13.6. The lowest BCUT2D eigenvalue weighted by Crippen LogP contribution is -2.25. The number of rotatable bonds is 4. The summed E-state index contributed by atoms with van der Waals surface area (Å²) in [6.07, 6.45) is 4.23. The standard InChI is InChI=1S/C25H23ClN2O3S/c26-19-12-14-20(15-13-19)32(29,30)24-25(28-16-5-1-2-6-17-28)31-23(27-24)22-11-7-9-18-8-3-4-10-21(18)22/h3-4,7-15H,1-2,5-6,16-17H2. The molecule has 0 saturated carbocycles. The van der Waals surface area contributed by atoms with Crippen LogP contribution in [0.5, 0.6) is 0 Å². The van der Waals surface area contributed by atoms with Crippen LogP contribution in [0.4, 0.5) is 5.88 Å². The van der Waals surface area contributed by atoms with Crippen LogP contribution in [-0.4, -0.2) is 26.5 Å². The minimum absolute atomic E-state index is 0.0374. The fourth-order valence-corrected chi connectivity index (χ4v) is 5.65. The number of nitrogens with zero attached hydrogens (tertiary/aromatic N) is 2. The highest BCUT2D eigenvalue weighted by Crippen LogP contribution is 2.37. The molecule has 1 fully saturated rings. The highest BCUT2D eigenvalue weighted by molar-refractivity contribution is 7.91. The predicted octanol–water partition coefficient (Wildman–Crippen LogP) is 6.36. The van der Waals surface area contributed by atoms with Gasteiger partial charge in [0.2, 0.25) is 26.6 Å². The van der Waals surface area contributed by atoms with Gasteiger partial charge in [-0.3, -0.25) is 0 Å². The number of anilines is 1. The van der Waals surface area contributed by atoms with Gasteiger partial charge in [0.1, 0.15) is 0 Å². The molecule has 0 N–H and O–H groups in total. The molecule has 0 spiro atoms. The summed E-state index contributed by atoms with van der Waals surface area (Å²) in [6.45, 7) is 1.49. The zero-order valence-corrected chi connectivity index (χ0v) is 19.1. The van der Waals surface area contributed by atoms with Crippen molar-refractivity contribution in [3.05, 3.63) is 71.8 Å². The van der Waals surface area contributed by atoms with Gasteiger partial charge in [0.15, 0.2) is 0 Å². The van der Waals surface area contributed by atoms with Gasteiger partial charge in [-0.2, -0.15) is 4.98 Å². The van der Waals surface area contributed by atoms with E-state index in [1.807, 2.05) is 47.4 Å². The van der Waals surface area contributed by atoms with E-state index < -0.39 is 9.84 Å². The molecule has 32 heavy (non-hydrogen) atoms. The van der Waals surface area contributed by atoms with Crippen molar-refractivity contribution in [1.82, 2.24) is 4.98 Å². The summed E-state index contributed by atoms with van der Waals surface area (Å²) in [5, 5.41) is 2.45. The third kappa shape index (κ3) is 3.89. The first-order valence-electron chi connectivity index (χ1n) is 10.8. The van der Waals surface area contributed by atoms with Crippen molar-refractivity contribution < 1.29 is 12.8 Å². The van der Waals surface area contributed by atoms with Crippen LogP contribution in [0.25, 0.3) is 22.2 Å². The molecule has 1 saturated heterocycles. The number of oxazole rings is 1. The third-order valence-corrected chi connectivity index (χ3v) is 7.79. The lowest BCUT2D eigenvalue weighted by atomic mass is 10.0. The van der Waals surface area contributed by atoms with E-state index in [1.165, 1.54) is 12.1 Å². The van der Waals surface area contributed by atoms with Crippen molar-refractivity contribution in [1.29, 1.82) is 0 Å². The molecular formula is C25H23ClN2O3S. The number of aromatic nitrogens is 1. The van der Waals surface area contributed by atoms with Gasteiger partial charge in [0.05, 0.1) is 4.90 Å². The Morgan fingerprint density at radius 1 is 0.844 bits per heavy atom. The van der Waals surface area contributed by atoms with Gasteiger partial charge >= 0.3 is 0 Å². The quantitative estimate of drug-likeness (QED) is 0.350. The highest BCUT2D eigenvalue weighted by atomic mass is 35.5. The average Bonchev–Trinajstić information content (AvgIpc) is 3.08. The Morgan fingerprint density at radius 2 is 1.53 bits per heavy atom. The fraction of sp³-hybridized carbons (Fsp3) is 0.240. The van der Waals surface area contributed by atoms with E-state index in [2.05, 4.69) is 4.98 Å². The van der Waals surface area contributed by atoms with Gasteiger partial charge in [-0.15, -0.1) is 0 Å². The van der Waals surface area contributed by atoms with Crippen LogP contribution >= 0.6 is 11.6 Å². The number of halogens is 1. The molecule has 7 heteroatoms. The molecule has 0 radical (unpaired) electrons. The maximum atomic E-state index is 13.6. The van der Waals surface area contributed by atoms with Crippen LogP contribution < -0.4 is 4.90 Å². The first-order chi connectivity index (χ1) is 15.5. The van der Waals surface area contributed by atoms with Crippen molar-refractivity contribution in [3.63, 3.8) is 0 Å². The van der Waals surface area contributed by atoms with Crippen molar-refractivity contribution in [3.8, 4) is 11.5 Å². The normalized spacial score (nSPS) is 15.1. The second kappa shape index (κ2) is 8.60. The molecule has 3 aromatic carbocycles. The average molecular weight is 467 g/mol. The minimum Gasteiger partial charge on any atom is -0.419 e. The van der Waals surface area contributed by atoms with Crippen molar-refractivity contribution in [2.45, 2.75) is 35.6 Å². The van der Waals surface area contributed by atoms with E-state index in [0.29, 0.717) is 16.8 Å². The zero-order valence-electron chi connectivity index (χ0n) is 17.5. The first kappa shape index (κ1) is 21.0. The molecule has 1 aliphatic heterocycles. The smallest absolute Gasteiger partial charge is 0.236 e. The molecule has 4 aromatic rings. The van der Waals surface area contributed by atoms with Crippen LogP contribution in [-0.2, 0) is 9.84 Å². The molecular weight excluding hydrogens is 444 g/mol. The molecule has 0 bridgehead atoms. The van der Waals surface area contributed by atoms with Crippen LogP contribution in [0.1, 0.15) is 25.7 Å². The van der Waals surface area contributed by atoms with Crippen LogP contribution in [0, 0.1) is 0 Å². The molecule has 5 rings (SSSR count). The van der Waals surface area contributed by atoms with E-state index in [0.717, 1.165) is 55.1 Å². The summed E-state index contributed by atoms with van der Waals surface area (Å²) in [5.41, 5.74) is 0.775. The van der Waals surface area contributed by atoms with E-state index in [9.17, 15) is 8.42 Å². The Bertz CT molecular complexity index is 1350. The Kier molecular flexibility index (Phi) is 5.66. The zero-order chi connectivity index (χ0) is 22.1. The number of hydrogen-bond acceptors (Lipinski definition) is 5. The summed E-state index contributed by atoms with van der Waals surface area (Å²) >= 11 is 5.98. The van der Waals surface area contributed by atoms with Gasteiger partial charge < -0.3 is 9.32 Å². The molecule has 0 amide bonds. The monoisotopic (exact) mass is 466 g/mol. The van der Waals surface area contributed by atoms with Gasteiger partial charge in [-0.1, -0.05) is 60.8 Å². The van der Waals surface area contributed by atoms with E-state index in [1.54, 1.807) is 12.1 Å². The van der Waals surface area contributed by atoms with E-state index in [4.69, 9.17) is 16.0 Å². The van der Waals surface area contributed by atoms with E-state index in [-0.39, 0.29) is 9.92 Å².